The van der Waals surface area contributed by atoms with Crippen LogP contribution in [0.25, 0.3) is 0 Å². The topological polar surface area (TPSA) is 43.1 Å². The third-order valence-corrected chi connectivity index (χ3v) is 1.91. The summed E-state index contributed by atoms with van der Waals surface area (Å²) in [6.45, 7) is 0.111. The van der Waals surface area contributed by atoms with Gasteiger partial charge >= 0.3 is 0 Å². The molecule has 1 saturated carbocycles. The summed E-state index contributed by atoms with van der Waals surface area (Å²) in [6, 6.07) is 0. The van der Waals surface area contributed by atoms with Gasteiger partial charge in [-0.25, -0.2) is 0 Å². The maximum absolute atomic E-state index is 10.1. The van der Waals surface area contributed by atoms with Crippen LogP contribution in [0.1, 0.15) is 32.1 Å². The first-order valence-electron chi connectivity index (χ1n) is 3.74. The molecule has 0 aliphatic heterocycles. The van der Waals surface area contributed by atoms with Crippen LogP contribution in [-0.4, -0.2) is 11.5 Å². The molecule has 3 heteroatoms. The van der Waals surface area contributed by atoms with Crippen molar-refractivity contribution in [3.05, 3.63) is 16.0 Å². The highest BCUT2D eigenvalue weighted by Crippen LogP contribution is 2.25. The first-order valence-corrected chi connectivity index (χ1v) is 3.74. The van der Waals surface area contributed by atoms with Crippen LogP contribution in [0.15, 0.2) is 0 Å². The van der Waals surface area contributed by atoms with Gasteiger partial charge in [0.05, 0.1) is 0 Å². The molecule has 0 bridgehead atoms. The van der Waals surface area contributed by atoms with E-state index >= 15 is 0 Å². The molecule has 0 aromatic carbocycles. The van der Waals surface area contributed by atoms with Crippen LogP contribution < -0.4 is 0 Å². The van der Waals surface area contributed by atoms with Gasteiger partial charge < -0.3 is 0 Å². The maximum Gasteiger partial charge on any atom is 0.210 e. The summed E-state index contributed by atoms with van der Waals surface area (Å²) in [4.78, 5) is 9.83. The minimum Gasteiger partial charge on any atom is -0.265 e. The highest BCUT2D eigenvalue weighted by molar-refractivity contribution is 4.91. The molecule has 3 nitrogen and oxygen atoms in total. The van der Waals surface area contributed by atoms with Crippen LogP contribution in [-0.2, 0) is 0 Å². The Morgan fingerprint density at radius 1 is 1.30 bits per heavy atom. The van der Waals surface area contributed by atoms with E-state index < -0.39 is 0 Å². The predicted octanol–water partition coefficient (Wildman–Crippen LogP) is 1.80. The molecule has 0 heterocycles. The normalized spacial score (nSPS) is 20.8. The highest BCUT2D eigenvalue weighted by atomic mass is 16.6. The van der Waals surface area contributed by atoms with Crippen molar-refractivity contribution >= 4 is 0 Å². The lowest BCUT2D eigenvalue weighted by molar-refractivity contribution is -0.476. The molecule has 0 spiro atoms. The molecule has 1 fully saturated rings. The molecule has 1 aliphatic carbocycles. The quantitative estimate of drug-likeness (QED) is 0.436. The average molecular weight is 142 g/mol. The minimum absolute atomic E-state index is 0.111. The van der Waals surface area contributed by atoms with Crippen LogP contribution in [0.2, 0.25) is 0 Å². The van der Waals surface area contributed by atoms with Crippen molar-refractivity contribution in [2.75, 3.05) is 6.54 Å². The van der Waals surface area contributed by atoms with Gasteiger partial charge in [-0.3, -0.25) is 10.1 Å². The average Bonchev–Trinajstić information content (AvgIpc) is 1.88. The standard InChI is InChI=1S/C7H12NO2/c9-8(10)6-7-4-2-1-3-5-7/h1-6H2. The van der Waals surface area contributed by atoms with Gasteiger partial charge in [-0.2, -0.15) is 0 Å². The molecule has 0 aromatic rings. The third kappa shape index (κ3) is 2.33. The van der Waals surface area contributed by atoms with E-state index in [-0.39, 0.29) is 11.5 Å². The van der Waals surface area contributed by atoms with E-state index in [2.05, 4.69) is 0 Å². The molecule has 0 unspecified atom stereocenters. The number of nitrogens with zero attached hydrogens (tertiary/aromatic N) is 1. The van der Waals surface area contributed by atoms with Gasteiger partial charge in [-0.1, -0.05) is 19.3 Å². The van der Waals surface area contributed by atoms with E-state index in [0.29, 0.717) is 0 Å². The number of rotatable bonds is 2. The van der Waals surface area contributed by atoms with Crippen LogP contribution in [0.3, 0.4) is 0 Å². The van der Waals surface area contributed by atoms with Crippen LogP contribution >= 0.6 is 0 Å². The van der Waals surface area contributed by atoms with Crippen LogP contribution in [0.4, 0.5) is 0 Å². The predicted molar refractivity (Wildman–Crippen MR) is 38.2 cm³/mol. The Balaban J connectivity index is 2.19. The molecule has 0 saturated heterocycles. The Hall–Kier alpha value is -0.600. The SMILES string of the molecule is O=[N+]([O-])C[C]1CCCCC1. The smallest absolute Gasteiger partial charge is 0.210 e. The zero-order chi connectivity index (χ0) is 7.40. The van der Waals surface area contributed by atoms with Gasteiger partial charge in [0, 0.05) is 10.8 Å². The summed E-state index contributed by atoms with van der Waals surface area (Å²) < 4.78 is 0. The first-order chi connectivity index (χ1) is 4.79. The molecule has 0 N–H and O–H groups in total. The summed E-state index contributed by atoms with van der Waals surface area (Å²) in [5.41, 5.74) is 0. The fourth-order valence-electron chi connectivity index (χ4n) is 1.39. The lowest BCUT2D eigenvalue weighted by atomic mass is 9.89. The van der Waals surface area contributed by atoms with Crippen molar-refractivity contribution in [3.8, 4) is 0 Å². The fraction of sp³-hybridized carbons (Fsp3) is 0.857. The Labute approximate surface area is 60.6 Å². The molecule has 57 valence electrons. The summed E-state index contributed by atoms with van der Waals surface area (Å²) in [7, 11) is 0. The van der Waals surface area contributed by atoms with Crippen molar-refractivity contribution in [1.82, 2.24) is 0 Å². The second-order valence-electron chi connectivity index (χ2n) is 2.80. The molecular weight excluding hydrogens is 130 g/mol. The number of nitro groups is 1. The fourth-order valence-corrected chi connectivity index (χ4v) is 1.39. The molecule has 10 heavy (non-hydrogen) atoms. The number of hydrogen-bond donors (Lipinski definition) is 0. The lowest BCUT2D eigenvalue weighted by Crippen LogP contribution is -2.14. The van der Waals surface area contributed by atoms with E-state index in [1.807, 2.05) is 0 Å². The summed E-state index contributed by atoms with van der Waals surface area (Å²) in [5.74, 6) is 1.14. The highest BCUT2D eigenvalue weighted by Gasteiger charge is 2.18. The molecule has 1 radical (unpaired) electrons. The van der Waals surface area contributed by atoms with Gasteiger partial charge in [-0.05, 0) is 12.8 Å². The Morgan fingerprint density at radius 2 is 1.90 bits per heavy atom. The summed E-state index contributed by atoms with van der Waals surface area (Å²) in [5, 5.41) is 10.1. The van der Waals surface area contributed by atoms with Crippen LogP contribution in [0.5, 0.6) is 0 Å². The Morgan fingerprint density at radius 3 is 2.40 bits per heavy atom. The van der Waals surface area contributed by atoms with E-state index in [1.54, 1.807) is 0 Å². The van der Waals surface area contributed by atoms with E-state index in [9.17, 15) is 10.1 Å². The zero-order valence-electron chi connectivity index (χ0n) is 6.01. The van der Waals surface area contributed by atoms with Gasteiger partial charge in [0.15, 0.2) is 0 Å². The second-order valence-corrected chi connectivity index (χ2v) is 2.80. The van der Waals surface area contributed by atoms with Crippen molar-refractivity contribution < 1.29 is 4.92 Å². The third-order valence-electron chi connectivity index (χ3n) is 1.91. The van der Waals surface area contributed by atoms with E-state index in [0.717, 1.165) is 31.6 Å². The monoisotopic (exact) mass is 142 g/mol. The van der Waals surface area contributed by atoms with E-state index in [4.69, 9.17) is 0 Å². The maximum atomic E-state index is 10.1. The molecule has 1 rings (SSSR count). The van der Waals surface area contributed by atoms with Gasteiger partial charge in [0.25, 0.3) is 0 Å². The van der Waals surface area contributed by atoms with Crippen molar-refractivity contribution in [3.63, 3.8) is 0 Å². The molecule has 1 aliphatic rings. The largest absolute Gasteiger partial charge is 0.265 e. The molecule has 0 amide bonds. The molecule has 0 atom stereocenters. The molecule has 0 aromatic heterocycles. The minimum atomic E-state index is -0.222. The van der Waals surface area contributed by atoms with E-state index in [1.165, 1.54) is 6.42 Å². The van der Waals surface area contributed by atoms with Crippen LogP contribution in [0, 0.1) is 16.0 Å². The van der Waals surface area contributed by atoms with Gasteiger partial charge in [0.2, 0.25) is 6.54 Å². The Bertz CT molecular complexity index is 119. The Kier molecular flexibility index (Phi) is 2.66. The first kappa shape index (κ1) is 7.51. The van der Waals surface area contributed by atoms with Gasteiger partial charge in [-0.15, -0.1) is 0 Å². The van der Waals surface area contributed by atoms with Crippen molar-refractivity contribution in [2.24, 2.45) is 0 Å². The summed E-state index contributed by atoms with van der Waals surface area (Å²) >= 11 is 0. The number of hydrogen-bond acceptors (Lipinski definition) is 2. The summed E-state index contributed by atoms with van der Waals surface area (Å²) in [6.07, 6.45) is 5.54. The lowest BCUT2D eigenvalue weighted by Gasteiger charge is -2.16. The molecular formula is C7H12NO2. The van der Waals surface area contributed by atoms with Crippen molar-refractivity contribution in [2.45, 2.75) is 32.1 Å². The zero-order valence-corrected chi connectivity index (χ0v) is 6.01. The van der Waals surface area contributed by atoms with Crippen molar-refractivity contribution in [1.29, 1.82) is 0 Å². The van der Waals surface area contributed by atoms with Gasteiger partial charge in [0.1, 0.15) is 0 Å². The second kappa shape index (κ2) is 3.54.